The van der Waals surface area contributed by atoms with E-state index in [1.807, 2.05) is 0 Å². The Hall–Kier alpha value is -3.68. The van der Waals surface area contributed by atoms with Gasteiger partial charge in [-0.1, -0.05) is 12.1 Å². The molecule has 1 aliphatic rings. The van der Waals surface area contributed by atoms with Crippen molar-refractivity contribution in [2.24, 2.45) is 0 Å². The van der Waals surface area contributed by atoms with Crippen molar-refractivity contribution in [3.8, 4) is 0 Å². The second-order valence-corrected chi connectivity index (χ2v) is 6.34. The molecule has 2 aromatic rings. The highest BCUT2D eigenvalue weighted by molar-refractivity contribution is 6.03. The van der Waals surface area contributed by atoms with Gasteiger partial charge in [-0.15, -0.1) is 0 Å². The smallest absolute Gasteiger partial charge is 0.338 e. The molecule has 0 radical (unpaired) electrons. The lowest BCUT2D eigenvalue weighted by Gasteiger charge is -2.35. The van der Waals surface area contributed by atoms with Gasteiger partial charge in [-0.3, -0.25) is 4.90 Å². The quantitative estimate of drug-likeness (QED) is 0.750. The molecule has 2 amide bonds. The van der Waals surface area contributed by atoms with Crippen LogP contribution < -0.4 is 10.2 Å². The number of nitrogens with zero attached hydrogens (tertiary/aromatic N) is 1. The van der Waals surface area contributed by atoms with Crippen LogP contribution in [0, 0.1) is 5.82 Å². The number of carboxylic acids is 1. The highest BCUT2D eigenvalue weighted by Gasteiger charge is 2.37. The molecule has 0 aliphatic carbocycles. The highest BCUT2D eigenvalue weighted by atomic mass is 19.1. The van der Waals surface area contributed by atoms with Crippen molar-refractivity contribution in [2.75, 3.05) is 11.5 Å². The lowest BCUT2D eigenvalue weighted by atomic mass is 9.94. The number of carbonyl (C=O) groups is 3. The highest BCUT2D eigenvalue weighted by Crippen LogP contribution is 2.34. The molecule has 1 aliphatic heterocycles. The fourth-order valence-electron chi connectivity index (χ4n) is 3.19. The number of esters is 1. The van der Waals surface area contributed by atoms with Crippen molar-refractivity contribution < 1.29 is 28.6 Å². The van der Waals surface area contributed by atoms with Crippen molar-refractivity contribution in [3.05, 3.63) is 76.7 Å². The van der Waals surface area contributed by atoms with Crippen LogP contribution in [-0.2, 0) is 9.53 Å². The zero-order chi connectivity index (χ0) is 21.1. The fraction of sp³-hybridized carbons (Fsp3) is 0.190. The van der Waals surface area contributed by atoms with Gasteiger partial charge in [0.1, 0.15) is 5.82 Å². The van der Waals surface area contributed by atoms with Gasteiger partial charge >= 0.3 is 18.0 Å². The number of amides is 2. The number of hydrogen-bond donors (Lipinski definition) is 2. The largest absolute Gasteiger partial charge is 0.478 e. The minimum absolute atomic E-state index is 0.0719. The Morgan fingerprint density at radius 3 is 2.31 bits per heavy atom. The average Bonchev–Trinajstić information content (AvgIpc) is 2.68. The lowest BCUT2D eigenvalue weighted by Crippen LogP contribution is -2.48. The summed E-state index contributed by atoms with van der Waals surface area (Å²) in [6, 6.07) is 9.86. The van der Waals surface area contributed by atoms with Gasteiger partial charge in [-0.05, 0) is 55.8 Å². The molecule has 1 atom stereocenters. The van der Waals surface area contributed by atoms with Crippen LogP contribution in [-0.4, -0.2) is 29.7 Å². The molecular weight excluding hydrogens is 379 g/mol. The van der Waals surface area contributed by atoms with Crippen LogP contribution in [0.2, 0.25) is 0 Å². The molecule has 150 valence electrons. The third-order valence-electron chi connectivity index (χ3n) is 4.56. The number of benzene rings is 2. The molecule has 1 heterocycles. The van der Waals surface area contributed by atoms with Gasteiger partial charge in [-0.25, -0.2) is 18.8 Å². The first-order valence-electron chi connectivity index (χ1n) is 8.90. The van der Waals surface area contributed by atoms with Crippen molar-refractivity contribution in [2.45, 2.75) is 19.9 Å². The van der Waals surface area contributed by atoms with E-state index in [1.165, 1.54) is 53.4 Å². The van der Waals surface area contributed by atoms with Crippen LogP contribution in [0.15, 0.2) is 59.8 Å². The van der Waals surface area contributed by atoms with Gasteiger partial charge in [0.05, 0.1) is 29.5 Å². The third kappa shape index (κ3) is 3.96. The van der Waals surface area contributed by atoms with Crippen LogP contribution in [0.25, 0.3) is 0 Å². The standard InChI is InChI=1S/C21H19FN2O5/c1-3-29-20(27)17-12(2)24(16-10-6-14(7-11-16)19(25)26)21(28)23-18(17)13-4-8-15(22)9-5-13/h4-11,18H,3H2,1-2H3,(H,23,28)(H,25,26)/t18-/m0/s1. The molecule has 0 saturated carbocycles. The Morgan fingerprint density at radius 1 is 1.14 bits per heavy atom. The molecule has 2 N–H and O–H groups in total. The topological polar surface area (TPSA) is 95.9 Å². The van der Waals surface area contributed by atoms with Crippen molar-refractivity contribution in [1.29, 1.82) is 0 Å². The molecule has 29 heavy (non-hydrogen) atoms. The zero-order valence-electron chi connectivity index (χ0n) is 15.8. The van der Waals surface area contributed by atoms with Crippen molar-refractivity contribution >= 4 is 23.7 Å². The summed E-state index contributed by atoms with van der Waals surface area (Å²) in [5.74, 6) is -2.13. The van der Waals surface area contributed by atoms with E-state index in [4.69, 9.17) is 9.84 Å². The van der Waals surface area contributed by atoms with E-state index >= 15 is 0 Å². The van der Waals surface area contributed by atoms with Gasteiger partial charge in [0.15, 0.2) is 0 Å². The Kier molecular flexibility index (Phi) is 5.63. The zero-order valence-corrected chi connectivity index (χ0v) is 15.8. The van der Waals surface area contributed by atoms with E-state index in [-0.39, 0.29) is 17.7 Å². The summed E-state index contributed by atoms with van der Waals surface area (Å²) in [7, 11) is 0. The van der Waals surface area contributed by atoms with Gasteiger partial charge < -0.3 is 15.2 Å². The van der Waals surface area contributed by atoms with E-state index in [0.717, 1.165) is 0 Å². The summed E-state index contributed by atoms with van der Waals surface area (Å²) in [5.41, 5.74) is 1.54. The molecule has 0 unspecified atom stereocenters. The molecule has 0 bridgehead atoms. The maximum absolute atomic E-state index is 13.3. The maximum atomic E-state index is 13.3. The van der Waals surface area contributed by atoms with E-state index in [0.29, 0.717) is 16.9 Å². The number of allylic oxidation sites excluding steroid dienone is 1. The first kappa shape index (κ1) is 20.1. The van der Waals surface area contributed by atoms with Crippen molar-refractivity contribution in [3.63, 3.8) is 0 Å². The van der Waals surface area contributed by atoms with Crippen LogP contribution in [0.4, 0.5) is 14.9 Å². The summed E-state index contributed by atoms with van der Waals surface area (Å²) >= 11 is 0. The molecule has 0 fully saturated rings. The summed E-state index contributed by atoms with van der Waals surface area (Å²) in [6.07, 6.45) is 0. The summed E-state index contributed by atoms with van der Waals surface area (Å²) in [5, 5.41) is 11.8. The molecule has 3 rings (SSSR count). The molecule has 2 aromatic carbocycles. The number of ether oxygens (including phenoxy) is 1. The molecule has 7 nitrogen and oxygen atoms in total. The molecule has 0 aromatic heterocycles. The maximum Gasteiger partial charge on any atom is 0.338 e. The van der Waals surface area contributed by atoms with Crippen molar-refractivity contribution in [1.82, 2.24) is 5.32 Å². The van der Waals surface area contributed by atoms with Gasteiger partial charge in [-0.2, -0.15) is 0 Å². The van der Waals surface area contributed by atoms with Crippen LogP contribution in [0.1, 0.15) is 35.8 Å². The Bertz CT molecular complexity index is 983. The first-order valence-corrected chi connectivity index (χ1v) is 8.90. The summed E-state index contributed by atoms with van der Waals surface area (Å²) < 4.78 is 18.5. The van der Waals surface area contributed by atoms with Gasteiger partial charge in [0, 0.05) is 5.70 Å². The summed E-state index contributed by atoms with van der Waals surface area (Å²) in [4.78, 5) is 37.9. The molecule has 0 saturated heterocycles. The van der Waals surface area contributed by atoms with E-state index in [2.05, 4.69) is 5.32 Å². The monoisotopic (exact) mass is 398 g/mol. The summed E-state index contributed by atoms with van der Waals surface area (Å²) in [6.45, 7) is 3.42. The lowest BCUT2D eigenvalue weighted by molar-refractivity contribution is -0.139. The number of nitrogens with one attached hydrogen (secondary N) is 1. The normalized spacial score (nSPS) is 16.4. The van der Waals surface area contributed by atoms with E-state index in [9.17, 15) is 18.8 Å². The van der Waals surface area contributed by atoms with Crippen LogP contribution in [0.3, 0.4) is 0 Å². The predicted molar refractivity (Wildman–Crippen MR) is 103 cm³/mol. The Morgan fingerprint density at radius 2 is 1.76 bits per heavy atom. The van der Waals surface area contributed by atoms with Crippen LogP contribution in [0.5, 0.6) is 0 Å². The van der Waals surface area contributed by atoms with Gasteiger partial charge in [0.2, 0.25) is 0 Å². The number of anilines is 1. The second-order valence-electron chi connectivity index (χ2n) is 6.34. The number of carbonyl (C=O) groups excluding carboxylic acids is 2. The minimum atomic E-state index is -1.09. The number of urea groups is 1. The number of carboxylic acid groups (broad SMARTS) is 1. The molecule has 8 heteroatoms. The molecular formula is C21H19FN2O5. The fourth-order valence-corrected chi connectivity index (χ4v) is 3.19. The Balaban J connectivity index is 2.09. The number of hydrogen-bond acceptors (Lipinski definition) is 4. The Labute approximate surface area is 166 Å². The second kappa shape index (κ2) is 8.14. The van der Waals surface area contributed by atoms with Crippen LogP contribution >= 0.6 is 0 Å². The number of rotatable bonds is 5. The van der Waals surface area contributed by atoms with E-state index < -0.39 is 29.8 Å². The first-order chi connectivity index (χ1) is 13.8. The molecule has 0 spiro atoms. The predicted octanol–water partition coefficient (Wildman–Crippen LogP) is 3.63. The SMILES string of the molecule is CCOC(=O)C1=C(C)N(c2ccc(C(=O)O)cc2)C(=O)N[C@H]1c1ccc(F)cc1. The minimum Gasteiger partial charge on any atom is -0.478 e. The van der Waals surface area contributed by atoms with E-state index in [1.54, 1.807) is 13.8 Å². The van der Waals surface area contributed by atoms with Gasteiger partial charge in [0.25, 0.3) is 0 Å². The number of aromatic carboxylic acids is 1. The average molecular weight is 398 g/mol. The number of halogens is 1. The third-order valence-corrected chi connectivity index (χ3v) is 4.56.